The molecule has 0 saturated heterocycles. The summed E-state index contributed by atoms with van der Waals surface area (Å²) < 4.78 is 5.62. The average molecular weight is 287 g/mol. The first kappa shape index (κ1) is 15.2. The fourth-order valence-electron chi connectivity index (χ4n) is 1.72. The van der Waals surface area contributed by atoms with E-state index in [4.69, 9.17) is 4.74 Å². The zero-order valence-electron chi connectivity index (χ0n) is 12.7. The van der Waals surface area contributed by atoms with Crippen molar-refractivity contribution in [2.45, 2.75) is 13.5 Å². The number of hydrogen-bond donors (Lipinski definition) is 1. The quantitative estimate of drug-likeness (QED) is 0.837. The number of pyridine rings is 1. The summed E-state index contributed by atoms with van der Waals surface area (Å²) in [6.45, 7) is 4.10. The maximum atomic E-state index is 5.62. The van der Waals surface area contributed by atoms with Crippen LogP contribution < -0.4 is 10.1 Å². The lowest BCUT2D eigenvalue weighted by Crippen LogP contribution is -2.19. The number of aryl methyl sites for hydroxylation is 1. The Morgan fingerprint density at radius 1 is 1.19 bits per heavy atom. The topological polar surface area (TPSA) is 63.2 Å². The van der Waals surface area contributed by atoms with Crippen LogP contribution in [0.3, 0.4) is 0 Å². The first-order valence-electron chi connectivity index (χ1n) is 6.88. The second-order valence-electron chi connectivity index (χ2n) is 5.05. The van der Waals surface area contributed by atoms with E-state index in [-0.39, 0.29) is 0 Å². The van der Waals surface area contributed by atoms with Crippen LogP contribution in [0.4, 0.5) is 5.82 Å². The molecule has 0 radical (unpaired) electrons. The Balaban J connectivity index is 1.88. The van der Waals surface area contributed by atoms with Gasteiger partial charge in [0.05, 0.1) is 0 Å². The maximum Gasteiger partial charge on any atom is 0.213 e. The van der Waals surface area contributed by atoms with Crippen molar-refractivity contribution in [2.75, 3.05) is 32.6 Å². The highest BCUT2D eigenvalue weighted by molar-refractivity contribution is 5.36. The monoisotopic (exact) mass is 287 g/mol. The van der Waals surface area contributed by atoms with Gasteiger partial charge in [0.1, 0.15) is 18.8 Å². The Bertz CT molecular complexity index is 573. The van der Waals surface area contributed by atoms with Crippen molar-refractivity contribution in [1.82, 2.24) is 19.9 Å². The molecule has 112 valence electrons. The number of aromatic nitrogens is 3. The molecule has 0 aromatic carbocycles. The summed E-state index contributed by atoms with van der Waals surface area (Å²) in [7, 11) is 4.03. The Hall–Kier alpha value is -2.21. The Morgan fingerprint density at radius 2 is 2.05 bits per heavy atom. The predicted molar refractivity (Wildman–Crippen MR) is 82.4 cm³/mol. The number of nitrogens with zero attached hydrogens (tertiary/aromatic N) is 4. The summed E-state index contributed by atoms with van der Waals surface area (Å²) in [4.78, 5) is 14.5. The number of rotatable bonds is 7. The molecule has 21 heavy (non-hydrogen) atoms. The average Bonchev–Trinajstić information content (AvgIpc) is 2.45. The van der Waals surface area contributed by atoms with E-state index in [1.165, 1.54) is 0 Å². The molecular weight excluding hydrogens is 266 g/mol. The van der Waals surface area contributed by atoms with Crippen molar-refractivity contribution in [2.24, 2.45) is 0 Å². The van der Waals surface area contributed by atoms with Crippen LogP contribution >= 0.6 is 0 Å². The lowest BCUT2D eigenvalue weighted by Gasteiger charge is -2.11. The van der Waals surface area contributed by atoms with Gasteiger partial charge in [0.2, 0.25) is 5.88 Å². The Labute approximate surface area is 125 Å². The summed E-state index contributed by atoms with van der Waals surface area (Å²) >= 11 is 0. The highest BCUT2D eigenvalue weighted by Crippen LogP contribution is 2.11. The summed E-state index contributed by atoms with van der Waals surface area (Å²) in [5.41, 5.74) is 2.04. The summed E-state index contributed by atoms with van der Waals surface area (Å²) in [5, 5.41) is 3.26. The molecule has 0 aliphatic heterocycles. The number of anilines is 1. The second kappa shape index (κ2) is 7.54. The molecule has 2 aromatic rings. The molecule has 0 aliphatic carbocycles. The number of nitrogens with one attached hydrogen (secondary N) is 1. The molecule has 0 amide bonds. The van der Waals surface area contributed by atoms with Gasteiger partial charge < -0.3 is 15.0 Å². The summed E-state index contributed by atoms with van der Waals surface area (Å²) in [6.07, 6.45) is 3.31. The smallest absolute Gasteiger partial charge is 0.213 e. The maximum absolute atomic E-state index is 5.62. The lowest BCUT2D eigenvalue weighted by molar-refractivity contribution is 0.253. The predicted octanol–water partition coefficient (Wildman–Crippen LogP) is 1.73. The van der Waals surface area contributed by atoms with Gasteiger partial charge in [-0.1, -0.05) is 0 Å². The van der Waals surface area contributed by atoms with E-state index < -0.39 is 0 Å². The molecule has 0 saturated carbocycles. The van der Waals surface area contributed by atoms with E-state index >= 15 is 0 Å². The van der Waals surface area contributed by atoms with E-state index in [0.29, 0.717) is 19.0 Å². The van der Waals surface area contributed by atoms with Crippen molar-refractivity contribution in [3.8, 4) is 5.88 Å². The Kier molecular flexibility index (Phi) is 5.45. The largest absolute Gasteiger partial charge is 0.476 e. The van der Waals surface area contributed by atoms with Gasteiger partial charge in [0.15, 0.2) is 0 Å². The first-order valence-corrected chi connectivity index (χ1v) is 6.88. The number of ether oxygens (including phenoxy) is 1. The molecule has 0 aliphatic rings. The van der Waals surface area contributed by atoms with Gasteiger partial charge in [-0.05, 0) is 32.6 Å². The molecule has 0 bridgehead atoms. The van der Waals surface area contributed by atoms with Crippen LogP contribution in [0.25, 0.3) is 0 Å². The summed E-state index contributed by atoms with van der Waals surface area (Å²) in [5.74, 6) is 1.46. The third-order valence-electron chi connectivity index (χ3n) is 2.87. The SMILES string of the molecule is Cc1cc(NCc2ccnc(OCCN(C)C)c2)ncn1. The zero-order valence-corrected chi connectivity index (χ0v) is 12.7. The van der Waals surface area contributed by atoms with Crippen molar-refractivity contribution in [3.63, 3.8) is 0 Å². The fourth-order valence-corrected chi connectivity index (χ4v) is 1.72. The van der Waals surface area contributed by atoms with Gasteiger partial charge in [-0.3, -0.25) is 0 Å². The van der Waals surface area contributed by atoms with Gasteiger partial charge >= 0.3 is 0 Å². The standard InChI is InChI=1S/C15H21N5O/c1-12-8-14(19-11-18-12)17-10-13-4-5-16-15(9-13)21-7-6-20(2)3/h4-5,8-9,11H,6-7,10H2,1-3H3,(H,17,18,19). The van der Waals surface area contributed by atoms with E-state index in [0.717, 1.165) is 23.6 Å². The van der Waals surface area contributed by atoms with Crippen LogP contribution in [0.5, 0.6) is 5.88 Å². The highest BCUT2D eigenvalue weighted by atomic mass is 16.5. The number of likely N-dealkylation sites (N-methyl/N-ethyl adjacent to an activating group) is 1. The Morgan fingerprint density at radius 3 is 2.81 bits per heavy atom. The van der Waals surface area contributed by atoms with Crippen LogP contribution in [0.2, 0.25) is 0 Å². The van der Waals surface area contributed by atoms with E-state index in [2.05, 4.69) is 25.2 Å². The van der Waals surface area contributed by atoms with Crippen LogP contribution in [-0.2, 0) is 6.54 Å². The minimum atomic E-state index is 0.627. The van der Waals surface area contributed by atoms with E-state index in [9.17, 15) is 0 Å². The second-order valence-corrected chi connectivity index (χ2v) is 5.05. The molecule has 0 spiro atoms. The van der Waals surface area contributed by atoms with Gasteiger partial charge in [-0.25, -0.2) is 15.0 Å². The van der Waals surface area contributed by atoms with Gasteiger partial charge in [-0.2, -0.15) is 0 Å². The zero-order chi connectivity index (χ0) is 15.1. The summed E-state index contributed by atoms with van der Waals surface area (Å²) in [6, 6.07) is 5.81. The molecule has 0 atom stereocenters. The normalized spacial score (nSPS) is 10.7. The molecule has 2 rings (SSSR count). The highest BCUT2D eigenvalue weighted by Gasteiger charge is 2.00. The van der Waals surface area contributed by atoms with Gasteiger partial charge in [0, 0.05) is 37.1 Å². The molecule has 0 fully saturated rings. The molecule has 6 heteroatoms. The molecule has 1 N–H and O–H groups in total. The van der Waals surface area contributed by atoms with Crippen molar-refractivity contribution in [3.05, 3.63) is 42.0 Å². The molecule has 2 aromatic heterocycles. The molecule has 0 unspecified atom stereocenters. The van der Waals surface area contributed by atoms with Crippen molar-refractivity contribution in [1.29, 1.82) is 0 Å². The van der Waals surface area contributed by atoms with Crippen LogP contribution in [0, 0.1) is 6.92 Å². The molecule has 6 nitrogen and oxygen atoms in total. The van der Waals surface area contributed by atoms with E-state index in [1.54, 1.807) is 12.5 Å². The molecular formula is C15H21N5O. The third kappa shape index (κ3) is 5.35. The van der Waals surface area contributed by atoms with Gasteiger partial charge in [0.25, 0.3) is 0 Å². The van der Waals surface area contributed by atoms with Crippen LogP contribution in [0.1, 0.15) is 11.3 Å². The van der Waals surface area contributed by atoms with Crippen LogP contribution in [-0.4, -0.2) is 47.1 Å². The third-order valence-corrected chi connectivity index (χ3v) is 2.87. The van der Waals surface area contributed by atoms with Crippen molar-refractivity contribution >= 4 is 5.82 Å². The molecule has 2 heterocycles. The first-order chi connectivity index (χ1) is 10.1. The minimum Gasteiger partial charge on any atom is -0.476 e. The van der Waals surface area contributed by atoms with E-state index in [1.807, 2.05) is 39.2 Å². The lowest BCUT2D eigenvalue weighted by atomic mass is 10.2. The fraction of sp³-hybridized carbons (Fsp3) is 0.400. The minimum absolute atomic E-state index is 0.627. The van der Waals surface area contributed by atoms with Crippen molar-refractivity contribution < 1.29 is 4.74 Å². The van der Waals surface area contributed by atoms with Gasteiger partial charge in [-0.15, -0.1) is 0 Å². The number of hydrogen-bond acceptors (Lipinski definition) is 6. The van der Waals surface area contributed by atoms with Crippen LogP contribution in [0.15, 0.2) is 30.7 Å².